The number of hydrogen-bond donors (Lipinski definition) is 2. The molecular weight excluding hydrogens is 277 g/mol. The fraction of sp³-hybridized carbons (Fsp3) is 0. The predicted octanol–water partition coefficient (Wildman–Crippen LogP) is 3.99. The quantitative estimate of drug-likeness (QED) is 0.749. The summed E-state index contributed by atoms with van der Waals surface area (Å²) in [6.07, 6.45) is 0. The van der Waals surface area contributed by atoms with Gasteiger partial charge in [-0.1, -0.05) is 30.3 Å². The second-order valence-electron chi connectivity index (χ2n) is 4.34. The topological polar surface area (TPSA) is 63.3 Å². The van der Waals surface area contributed by atoms with Crippen LogP contribution < -0.4 is 5.73 Å². The van der Waals surface area contributed by atoms with E-state index < -0.39 is 5.97 Å². The van der Waals surface area contributed by atoms with Crippen molar-refractivity contribution in [3.05, 3.63) is 53.2 Å². The number of fused-ring (bicyclic) bond motifs is 1. The Morgan fingerprint density at radius 1 is 1.15 bits per heavy atom. The summed E-state index contributed by atoms with van der Waals surface area (Å²) in [5.74, 6) is -1.35. The van der Waals surface area contributed by atoms with Crippen LogP contribution >= 0.6 is 11.3 Å². The van der Waals surface area contributed by atoms with E-state index in [9.17, 15) is 9.18 Å². The summed E-state index contributed by atoms with van der Waals surface area (Å²) in [5.41, 5.74) is 6.72. The van der Waals surface area contributed by atoms with E-state index in [1.54, 1.807) is 24.3 Å². The minimum absolute atomic E-state index is 0.105. The highest BCUT2D eigenvalue weighted by atomic mass is 32.1. The molecule has 0 aliphatic heterocycles. The van der Waals surface area contributed by atoms with Crippen molar-refractivity contribution in [2.45, 2.75) is 0 Å². The molecule has 3 aromatic rings. The maximum atomic E-state index is 13.8. The Balaban J connectivity index is 2.28. The monoisotopic (exact) mass is 287 g/mol. The van der Waals surface area contributed by atoms with Crippen LogP contribution in [-0.2, 0) is 0 Å². The second kappa shape index (κ2) is 4.61. The average molecular weight is 287 g/mol. The summed E-state index contributed by atoms with van der Waals surface area (Å²) in [6, 6.07) is 11.7. The number of aromatic carboxylic acids is 1. The lowest BCUT2D eigenvalue weighted by molar-refractivity contribution is 0.0703. The summed E-state index contributed by atoms with van der Waals surface area (Å²) in [5, 5.41) is 10.3. The number of halogens is 1. The number of anilines is 1. The van der Waals surface area contributed by atoms with Crippen molar-refractivity contribution in [2.24, 2.45) is 0 Å². The molecule has 1 heterocycles. The third-order valence-electron chi connectivity index (χ3n) is 3.09. The lowest BCUT2D eigenvalue weighted by atomic mass is 10.0. The van der Waals surface area contributed by atoms with Crippen LogP contribution in [-0.4, -0.2) is 11.1 Å². The van der Waals surface area contributed by atoms with Gasteiger partial charge in [-0.2, -0.15) is 0 Å². The Kier molecular flexibility index (Phi) is 2.91. The van der Waals surface area contributed by atoms with Gasteiger partial charge in [-0.3, -0.25) is 0 Å². The van der Waals surface area contributed by atoms with Gasteiger partial charge in [0, 0.05) is 10.3 Å². The zero-order valence-electron chi connectivity index (χ0n) is 10.3. The van der Waals surface area contributed by atoms with Gasteiger partial charge in [0.2, 0.25) is 0 Å². The molecule has 0 aliphatic rings. The standard InChI is InChI=1S/C15H10FNO2S/c16-11-6-5-10(8-3-1-2-4-9(8)11)13-7-12(17)14(20-13)15(18)19/h1-7H,17H2,(H,18,19). The predicted molar refractivity (Wildman–Crippen MR) is 78.6 cm³/mol. The zero-order valence-corrected chi connectivity index (χ0v) is 11.1. The van der Waals surface area contributed by atoms with Gasteiger partial charge in [0.1, 0.15) is 10.7 Å². The summed E-state index contributed by atoms with van der Waals surface area (Å²) in [4.78, 5) is 11.9. The van der Waals surface area contributed by atoms with E-state index in [4.69, 9.17) is 10.8 Å². The fourth-order valence-electron chi connectivity index (χ4n) is 2.18. The van der Waals surface area contributed by atoms with E-state index in [1.807, 2.05) is 12.1 Å². The number of nitrogens with two attached hydrogens (primary N) is 1. The van der Waals surface area contributed by atoms with E-state index in [2.05, 4.69) is 0 Å². The van der Waals surface area contributed by atoms with Crippen molar-refractivity contribution in [3.8, 4) is 10.4 Å². The third-order valence-corrected chi connectivity index (χ3v) is 4.26. The Labute approximate surface area is 118 Å². The van der Waals surface area contributed by atoms with Gasteiger partial charge < -0.3 is 10.8 Å². The fourth-order valence-corrected chi connectivity index (χ4v) is 3.14. The van der Waals surface area contributed by atoms with E-state index in [-0.39, 0.29) is 16.4 Å². The smallest absolute Gasteiger partial charge is 0.348 e. The summed E-state index contributed by atoms with van der Waals surface area (Å²) >= 11 is 1.09. The molecule has 0 unspecified atom stereocenters. The molecule has 3 N–H and O–H groups in total. The van der Waals surface area contributed by atoms with Gasteiger partial charge in [-0.15, -0.1) is 11.3 Å². The number of carbonyl (C=O) groups is 1. The number of hydrogen-bond acceptors (Lipinski definition) is 3. The van der Waals surface area contributed by atoms with Crippen molar-refractivity contribution in [1.82, 2.24) is 0 Å². The molecule has 0 aliphatic carbocycles. The first-order valence-electron chi connectivity index (χ1n) is 5.88. The lowest BCUT2D eigenvalue weighted by Gasteiger charge is -2.05. The second-order valence-corrected chi connectivity index (χ2v) is 5.39. The Bertz CT molecular complexity index is 826. The first kappa shape index (κ1) is 12.6. The van der Waals surface area contributed by atoms with Crippen molar-refractivity contribution >= 4 is 33.8 Å². The van der Waals surface area contributed by atoms with Crippen LogP contribution in [0.15, 0.2) is 42.5 Å². The number of rotatable bonds is 2. The van der Waals surface area contributed by atoms with Crippen LogP contribution in [0.2, 0.25) is 0 Å². The van der Waals surface area contributed by atoms with Gasteiger partial charge in [-0.25, -0.2) is 9.18 Å². The molecule has 0 saturated carbocycles. The van der Waals surface area contributed by atoms with Crippen LogP contribution in [0, 0.1) is 5.82 Å². The Morgan fingerprint density at radius 3 is 2.50 bits per heavy atom. The lowest BCUT2D eigenvalue weighted by Crippen LogP contribution is -1.96. The van der Waals surface area contributed by atoms with Crippen molar-refractivity contribution in [3.63, 3.8) is 0 Å². The number of carboxylic acids is 1. The maximum absolute atomic E-state index is 13.8. The number of thiophene rings is 1. The molecule has 0 bridgehead atoms. The average Bonchev–Trinajstić information content (AvgIpc) is 2.81. The number of nitrogen functional groups attached to an aromatic ring is 1. The molecule has 20 heavy (non-hydrogen) atoms. The van der Waals surface area contributed by atoms with Crippen LogP contribution in [0.1, 0.15) is 9.67 Å². The van der Waals surface area contributed by atoms with Gasteiger partial charge in [0.05, 0.1) is 5.69 Å². The van der Waals surface area contributed by atoms with Gasteiger partial charge in [0.25, 0.3) is 0 Å². The molecule has 3 nitrogen and oxygen atoms in total. The molecule has 0 fully saturated rings. The van der Waals surface area contributed by atoms with E-state index in [1.165, 1.54) is 6.07 Å². The number of carboxylic acid groups (broad SMARTS) is 1. The molecule has 0 amide bonds. The Morgan fingerprint density at radius 2 is 1.85 bits per heavy atom. The van der Waals surface area contributed by atoms with Crippen LogP contribution in [0.5, 0.6) is 0 Å². The van der Waals surface area contributed by atoms with Gasteiger partial charge >= 0.3 is 5.97 Å². The molecule has 100 valence electrons. The third kappa shape index (κ3) is 1.92. The van der Waals surface area contributed by atoms with Crippen LogP contribution in [0.25, 0.3) is 21.2 Å². The minimum atomic E-state index is -1.05. The molecule has 2 aromatic carbocycles. The van der Waals surface area contributed by atoms with Crippen molar-refractivity contribution in [2.75, 3.05) is 5.73 Å². The highest BCUT2D eigenvalue weighted by Gasteiger charge is 2.16. The molecule has 1 aromatic heterocycles. The largest absolute Gasteiger partial charge is 0.477 e. The zero-order chi connectivity index (χ0) is 14.3. The molecule has 0 spiro atoms. The SMILES string of the molecule is Nc1cc(-c2ccc(F)c3ccccc23)sc1C(=O)O. The van der Waals surface area contributed by atoms with Gasteiger partial charge in [0.15, 0.2) is 0 Å². The van der Waals surface area contributed by atoms with E-state index in [0.717, 1.165) is 27.2 Å². The highest BCUT2D eigenvalue weighted by Crippen LogP contribution is 2.37. The first-order chi connectivity index (χ1) is 9.58. The van der Waals surface area contributed by atoms with E-state index >= 15 is 0 Å². The first-order valence-corrected chi connectivity index (χ1v) is 6.70. The number of benzene rings is 2. The van der Waals surface area contributed by atoms with Crippen molar-refractivity contribution in [1.29, 1.82) is 0 Å². The summed E-state index contributed by atoms with van der Waals surface area (Å²) in [7, 11) is 0. The molecule has 0 saturated heterocycles. The summed E-state index contributed by atoms with van der Waals surface area (Å²) < 4.78 is 13.8. The Hall–Kier alpha value is -2.40. The van der Waals surface area contributed by atoms with Gasteiger partial charge in [-0.05, 0) is 23.1 Å². The summed E-state index contributed by atoms with van der Waals surface area (Å²) in [6.45, 7) is 0. The van der Waals surface area contributed by atoms with Crippen molar-refractivity contribution < 1.29 is 14.3 Å². The molecule has 0 atom stereocenters. The molecular formula is C15H10FNO2S. The normalized spacial score (nSPS) is 10.8. The minimum Gasteiger partial charge on any atom is -0.477 e. The van der Waals surface area contributed by atoms with Crippen LogP contribution in [0.4, 0.5) is 10.1 Å². The van der Waals surface area contributed by atoms with Crippen LogP contribution in [0.3, 0.4) is 0 Å². The molecule has 0 radical (unpaired) electrons. The molecule has 3 rings (SSSR count). The maximum Gasteiger partial charge on any atom is 0.348 e. The molecule has 5 heteroatoms. The van der Waals surface area contributed by atoms with E-state index in [0.29, 0.717) is 5.39 Å². The highest BCUT2D eigenvalue weighted by molar-refractivity contribution is 7.18.